The summed E-state index contributed by atoms with van der Waals surface area (Å²) in [6.07, 6.45) is 3.58. The van der Waals surface area contributed by atoms with Crippen LogP contribution in [0.2, 0.25) is 0 Å². The Balaban J connectivity index is 0.00000166. The van der Waals surface area contributed by atoms with Crippen LogP contribution in [0.1, 0.15) is 45.9 Å². The van der Waals surface area contributed by atoms with E-state index in [-0.39, 0.29) is 18.3 Å². The first-order valence-corrected chi connectivity index (χ1v) is 9.91. The number of nitrogens with one attached hydrogen (secondary N) is 1. The van der Waals surface area contributed by atoms with Gasteiger partial charge >= 0.3 is 6.03 Å². The number of urea groups is 1. The lowest BCUT2D eigenvalue weighted by Crippen LogP contribution is -2.43. The highest BCUT2D eigenvalue weighted by molar-refractivity contribution is 6.02. The Hall–Kier alpha value is -3.55. The number of para-hydroxylation sites is 1. The van der Waals surface area contributed by atoms with Crippen molar-refractivity contribution >= 4 is 29.1 Å². The summed E-state index contributed by atoms with van der Waals surface area (Å²) in [6.45, 7) is 13.6. The topological polar surface area (TPSA) is 84.1 Å². The lowest BCUT2D eigenvalue weighted by atomic mass is 9.98. The molecule has 2 amide bonds. The fourth-order valence-electron chi connectivity index (χ4n) is 3.08. The molecule has 1 aromatic heterocycles. The van der Waals surface area contributed by atoms with E-state index in [9.17, 15) is 13.6 Å². The van der Waals surface area contributed by atoms with Crippen molar-refractivity contribution in [2.45, 2.75) is 41.2 Å². The molecular weight excluding hydrogens is 400 g/mol. The molecule has 6 nitrogen and oxygen atoms in total. The largest absolute Gasteiger partial charge is 0.368 e. The van der Waals surface area contributed by atoms with E-state index >= 15 is 0 Å². The summed E-state index contributed by atoms with van der Waals surface area (Å²) in [6, 6.07) is 2.65. The Bertz CT molecular complexity index is 1050. The molecule has 2 heterocycles. The number of amides is 2. The molecule has 0 saturated heterocycles. The van der Waals surface area contributed by atoms with E-state index in [4.69, 9.17) is 5.73 Å². The van der Waals surface area contributed by atoms with E-state index in [2.05, 4.69) is 21.9 Å². The van der Waals surface area contributed by atoms with Crippen molar-refractivity contribution < 1.29 is 13.6 Å². The van der Waals surface area contributed by atoms with E-state index in [1.165, 1.54) is 6.07 Å². The Labute approximate surface area is 181 Å². The molecule has 1 aliphatic heterocycles. The zero-order valence-corrected chi connectivity index (χ0v) is 18.4. The summed E-state index contributed by atoms with van der Waals surface area (Å²) < 4.78 is 28.9. The van der Waals surface area contributed by atoms with Crippen LogP contribution in [-0.2, 0) is 6.54 Å². The standard InChI is InChI=1S/C21H21F2N5O.C2H6/c1-5-12(4)13(9-11(2)3)17-14-10-25-21(29)28(19(14)27-20(24)26-17)18-15(22)7-6-8-16(18)23;1-2/h5-9H,1,10H2,2-4H3,(H,25,29)(H2,24,26,27);1-2H3/b13-12+;. The SMILES string of the molecule is C=C/C(C)=C(\C=C(C)C)c1nc(N)nc2c1CNC(=O)N2c1c(F)cccc1F.CC. The molecule has 0 aliphatic carbocycles. The van der Waals surface area contributed by atoms with Crippen molar-refractivity contribution in [2.75, 3.05) is 10.6 Å². The smallest absolute Gasteiger partial charge is 0.328 e. The lowest BCUT2D eigenvalue weighted by molar-refractivity contribution is 0.246. The maximum absolute atomic E-state index is 14.4. The third kappa shape index (κ3) is 4.79. The number of allylic oxidation sites excluding steroid dienone is 5. The number of nitrogen functional groups attached to an aromatic ring is 1. The maximum atomic E-state index is 14.4. The normalized spacial score (nSPS) is 13.3. The van der Waals surface area contributed by atoms with Crippen molar-refractivity contribution in [1.29, 1.82) is 0 Å². The van der Waals surface area contributed by atoms with Crippen LogP contribution < -0.4 is 16.0 Å². The van der Waals surface area contributed by atoms with Gasteiger partial charge in [0.25, 0.3) is 0 Å². The molecular formula is C23H27F2N5O. The van der Waals surface area contributed by atoms with Crippen LogP contribution in [0.4, 0.5) is 31.0 Å². The van der Waals surface area contributed by atoms with Gasteiger partial charge in [-0.3, -0.25) is 0 Å². The molecule has 164 valence electrons. The molecule has 0 unspecified atom stereocenters. The fourth-order valence-corrected chi connectivity index (χ4v) is 3.08. The maximum Gasteiger partial charge on any atom is 0.328 e. The second-order valence-corrected chi connectivity index (χ2v) is 6.82. The predicted molar refractivity (Wildman–Crippen MR) is 121 cm³/mol. The molecule has 0 spiro atoms. The van der Waals surface area contributed by atoms with E-state index in [0.29, 0.717) is 11.3 Å². The third-order valence-electron chi connectivity index (χ3n) is 4.41. The van der Waals surface area contributed by atoms with Crippen LogP contribution in [0.3, 0.4) is 0 Å². The number of aromatic nitrogens is 2. The average Bonchev–Trinajstić information content (AvgIpc) is 2.73. The zero-order valence-electron chi connectivity index (χ0n) is 18.4. The molecule has 2 aromatic rings. The highest BCUT2D eigenvalue weighted by atomic mass is 19.1. The molecule has 0 radical (unpaired) electrons. The van der Waals surface area contributed by atoms with Gasteiger partial charge in [-0.25, -0.2) is 23.5 Å². The molecule has 0 saturated carbocycles. The zero-order chi connectivity index (χ0) is 23.3. The van der Waals surface area contributed by atoms with Crippen molar-refractivity contribution in [3.8, 4) is 0 Å². The Morgan fingerprint density at radius 1 is 1.19 bits per heavy atom. The van der Waals surface area contributed by atoms with E-state index in [1.807, 2.05) is 40.7 Å². The number of rotatable bonds is 4. The summed E-state index contributed by atoms with van der Waals surface area (Å²) in [4.78, 5) is 21.9. The van der Waals surface area contributed by atoms with Crippen LogP contribution in [0.15, 0.2) is 48.1 Å². The average molecular weight is 427 g/mol. The van der Waals surface area contributed by atoms with Gasteiger partial charge in [0.1, 0.15) is 17.3 Å². The summed E-state index contributed by atoms with van der Waals surface area (Å²) in [7, 11) is 0. The minimum Gasteiger partial charge on any atom is -0.368 e. The van der Waals surface area contributed by atoms with Gasteiger partial charge in [0, 0.05) is 11.1 Å². The van der Waals surface area contributed by atoms with Crippen LogP contribution in [0, 0.1) is 11.6 Å². The molecule has 3 rings (SSSR count). The number of halogens is 2. The van der Waals surface area contributed by atoms with Gasteiger partial charge in [0.15, 0.2) is 5.82 Å². The summed E-state index contributed by atoms with van der Waals surface area (Å²) in [5.74, 6) is -1.87. The molecule has 31 heavy (non-hydrogen) atoms. The first kappa shape index (κ1) is 23.7. The minimum absolute atomic E-state index is 0.0387. The lowest BCUT2D eigenvalue weighted by Gasteiger charge is -2.30. The predicted octanol–water partition coefficient (Wildman–Crippen LogP) is 5.65. The number of hydrogen-bond acceptors (Lipinski definition) is 4. The highest BCUT2D eigenvalue weighted by Crippen LogP contribution is 2.37. The summed E-state index contributed by atoms with van der Waals surface area (Å²) in [5, 5.41) is 2.63. The number of carbonyl (C=O) groups excluding carboxylic acids is 1. The summed E-state index contributed by atoms with van der Waals surface area (Å²) in [5.41, 5.74) is 8.92. The molecule has 0 fully saturated rings. The Morgan fingerprint density at radius 3 is 2.35 bits per heavy atom. The number of nitrogens with two attached hydrogens (primary N) is 1. The van der Waals surface area contributed by atoms with Crippen molar-refractivity contribution in [3.63, 3.8) is 0 Å². The second kappa shape index (κ2) is 9.97. The van der Waals surface area contributed by atoms with Gasteiger partial charge in [0.05, 0.1) is 12.2 Å². The van der Waals surface area contributed by atoms with Gasteiger partial charge in [-0.15, -0.1) is 0 Å². The quantitative estimate of drug-likeness (QED) is 0.618. The van der Waals surface area contributed by atoms with Crippen LogP contribution in [-0.4, -0.2) is 16.0 Å². The highest BCUT2D eigenvalue weighted by Gasteiger charge is 2.34. The monoisotopic (exact) mass is 427 g/mol. The Kier molecular flexibility index (Phi) is 7.63. The van der Waals surface area contributed by atoms with E-state index in [0.717, 1.165) is 33.8 Å². The number of nitrogens with zero attached hydrogens (tertiary/aromatic N) is 3. The molecule has 0 atom stereocenters. The fraction of sp³-hybridized carbons (Fsp3) is 0.261. The van der Waals surface area contributed by atoms with Gasteiger partial charge < -0.3 is 11.1 Å². The van der Waals surface area contributed by atoms with E-state index in [1.54, 1.807) is 6.08 Å². The molecule has 8 heteroatoms. The first-order valence-electron chi connectivity index (χ1n) is 9.91. The molecule has 3 N–H and O–H groups in total. The number of anilines is 3. The van der Waals surface area contributed by atoms with Crippen molar-refractivity contribution in [2.24, 2.45) is 0 Å². The molecule has 1 aromatic carbocycles. The second-order valence-electron chi connectivity index (χ2n) is 6.82. The molecule has 0 bridgehead atoms. The van der Waals surface area contributed by atoms with Crippen molar-refractivity contribution in [3.05, 3.63) is 71.0 Å². The Morgan fingerprint density at radius 2 is 1.81 bits per heavy atom. The third-order valence-corrected chi connectivity index (χ3v) is 4.41. The van der Waals surface area contributed by atoms with Gasteiger partial charge in [0.2, 0.25) is 5.95 Å². The summed E-state index contributed by atoms with van der Waals surface area (Å²) >= 11 is 0. The van der Waals surface area contributed by atoms with Gasteiger partial charge in [-0.1, -0.05) is 44.2 Å². The number of carbonyl (C=O) groups is 1. The van der Waals surface area contributed by atoms with Gasteiger partial charge in [-0.05, 0) is 38.5 Å². The van der Waals surface area contributed by atoms with Crippen LogP contribution in [0.5, 0.6) is 0 Å². The van der Waals surface area contributed by atoms with Crippen LogP contribution in [0.25, 0.3) is 5.57 Å². The number of hydrogen-bond donors (Lipinski definition) is 2. The van der Waals surface area contributed by atoms with E-state index < -0.39 is 23.4 Å². The molecule has 1 aliphatic rings. The van der Waals surface area contributed by atoms with Crippen molar-refractivity contribution in [1.82, 2.24) is 15.3 Å². The van der Waals surface area contributed by atoms with Crippen LogP contribution >= 0.6 is 0 Å². The number of benzene rings is 1. The minimum atomic E-state index is -0.894. The number of fused-ring (bicyclic) bond motifs is 1. The first-order chi connectivity index (χ1) is 14.7. The van der Waals surface area contributed by atoms with Gasteiger partial charge in [-0.2, -0.15) is 4.98 Å².